The standard InChI is InChI=1S/C17H19N5O/c1-11(2)22-12(3)21-14-8-13(4-5-16(14)22)9-20-17(23)15-10-18-6-7-19-15/h4-8,10-11H,9H2,1-3H3,(H,20,23). The van der Waals surface area contributed by atoms with Crippen molar-refractivity contribution in [3.05, 3.63) is 53.9 Å². The Morgan fingerprint density at radius 1 is 1.30 bits per heavy atom. The van der Waals surface area contributed by atoms with Crippen LogP contribution in [0.4, 0.5) is 0 Å². The number of aryl methyl sites for hydroxylation is 1. The molecule has 1 aromatic carbocycles. The third kappa shape index (κ3) is 3.06. The molecule has 23 heavy (non-hydrogen) atoms. The first-order chi connectivity index (χ1) is 11.1. The second-order valence-electron chi connectivity index (χ2n) is 5.72. The van der Waals surface area contributed by atoms with Crippen LogP contribution in [0.15, 0.2) is 36.8 Å². The van der Waals surface area contributed by atoms with Gasteiger partial charge in [-0.1, -0.05) is 6.07 Å². The van der Waals surface area contributed by atoms with Crippen LogP contribution in [-0.4, -0.2) is 25.4 Å². The molecule has 0 aliphatic carbocycles. The number of hydrogen-bond acceptors (Lipinski definition) is 4. The molecule has 0 spiro atoms. The maximum Gasteiger partial charge on any atom is 0.271 e. The molecule has 3 rings (SSSR count). The Bertz CT molecular complexity index is 839. The van der Waals surface area contributed by atoms with Crippen LogP contribution in [-0.2, 0) is 6.54 Å². The second-order valence-corrected chi connectivity index (χ2v) is 5.72. The first kappa shape index (κ1) is 15.1. The molecule has 1 amide bonds. The molecule has 6 heteroatoms. The van der Waals surface area contributed by atoms with E-state index in [-0.39, 0.29) is 5.91 Å². The summed E-state index contributed by atoms with van der Waals surface area (Å²) in [5.74, 6) is 0.762. The van der Waals surface area contributed by atoms with E-state index >= 15 is 0 Å². The van der Waals surface area contributed by atoms with Crippen LogP contribution in [0.3, 0.4) is 0 Å². The molecule has 2 heterocycles. The third-order valence-corrected chi connectivity index (χ3v) is 3.70. The van der Waals surface area contributed by atoms with Gasteiger partial charge >= 0.3 is 0 Å². The van der Waals surface area contributed by atoms with Gasteiger partial charge in [-0.2, -0.15) is 0 Å². The molecule has 0 fully saturated rings. The average molecular weight is 309 g/mol. The van der Waals surface area contributed by atoms with Crippen molar-refractivity contribution in [3.8, 4) is 0 Å². The molecular weight excluding hydrogens is 290 g/mol. The fourth-order valence-electron chi connectivity index (χ4n) is 2.72. The van der Waals surface area contributed by atoms with E-state index < -0.39 is 0 Å². The Balaban J connectivity index is 1.78. The molecule has 118 valence electrons. The number of rotatable bonds is 4. The van der Waals surface area contributed by atoms with Gasteiger partial charge in [0, 0.05) is 25.0 Å². The van der Waals surface area contributed by atoms with Gasteiger partial charge in [-0.3, -0.25) is 9.78 Å². The van der Waals surface area contributed by atoms with E-state index in [0.29, 0.717) is 18.3 Å². The van der Waals surface area contributed by atoms with E-state index in [4.69, 9.17) is 0 Å². The summed E-state index contributed by atoms with van der Waals surface area (Å²) in [5.41, 5.74) is 3.38. The molecule has 0 aliphatic rings. The van der Waals surface area contributed by atoms with E-state index in [9.17, 15) is 4.79 Å². The number of aromatic nitrogens is 4. The lowest BCUT2D eigenvalue weighted by molar-refractivity contribution is 0.0945. The number of nitrogens with zero attached hydrogens (tertiary/aromatic N) is 4. The van der Waals surface area contributed by atoms with Gasteiger partial charge < -0.3 is 9.88 Å². The van der Waals surface area contributed by atoms with Crippen molar-refractivity contribution in [1.82, 2.24) is 24.8 Å². The van der Waals surface area contributed by atoms with Crippen LogP contribution < -0.4 is 5.32 Å². The minimum atomic E-state index is -0.234. The fraction of sp³-hybridized carbons (Fsp3) is 0.294. The van der Waals surface area contributed by atoms with Crippen LogP contribution in [0.25, 0.3) is 11.0 Å². The maximum atomic E-state index is 12.0. The SMILES string of the molecule is Cc1nc2cc(CNC(=O)c3cnccn3)ccc2n1C(C)C. The van der Waals surface area contributed by atoms with Crippen molar-refractivity contribution in [3.63, 3.8) is 0 Å². The van der Waals surface area contributed by atoms with Gasteiger partial charge in [-0.05, 0) is 38.5 Å². The second kappa shape index (κ2) is 6.16. The van der Waals surface area contributed by atoms with Gasteiger partial charge in [0.05, 0.1) is 17.2 Å². The summed E-state index contributed by atoms with van der Waals surface area (Å²) >= 11 is 0. The van der Waals surface area contributed by atoms with Gasteiger partial charge in [0.25, 0.3) is 5.91 Å². The van der Waals surface area contributed by atoms with E-state index in [2.05, 4.69) is 44.7 Å². The number of benzene rings is 1. The molecular formula is C17H19N5O. The van der Waals surface area contributed by atoms with E-state index in [0.717, 1.165) is 22.4 Å². The minimum Gasteiger partial charge on any atom is -0.347 e. The zero-order chi connectivity index (χ0) is 16.4. The topological polar surface area (TPSA) is 72.7 Å². The van der Waals surface area contributed by atoms with Crippen LogP contribution in [0.2, 0.25) is 0 Å². The highest BCUT2D eigenvalue weighted by molar-refractivity contribution is 5.91. The number of imidazole rings is 1. The quantitative estimate of drug-likeness (QED) is 0.804. The zero-order valence-electron chi connectivity index (χ0n) is 13.4. The molecule has 0 unspecified atom stereocenters. The van der Waals surface area contributed by atoms with Crippen molar-refractivity contribution in [2.45, 2.75) is 33.4 Å². The highest BCUT2D eigenvalue weighted by Gasteiger charge is 2.11. The molecule has 2 aromatic heterocycles. The third-order valence-electron chi connectivity index (χ3n) is 3.70. The highest BCUT2D eigenvalue weighted by Crippen LogP contribution is 2.21. The van der Waals surface area contributed by atoms with E-state index in [1.54, 1.807) is 0 Å². The Morgan fingerprint density at radius 3 is 2.83 bits per heavy atom. The number of amides is 1. The van der Waals surface area contributed by atoms with E-state index in [1.807, 2.05) is 19.1 Å². The monoisotopic (exact) mass is 309 g/mol. The Hall–Kier alpha value is -2.76. The minimum absolute atomic E-state index is 0.234. The van der Waals surface area contributed by atoms with Gasteiger partial charge in [-0.25, -0.2) is 9.97 Å². The lowest BCUT2D eigenvalue weighted by atomic mass is 10.2. The van der Waals surface area contributed by atoms with E-state index in [1.165, 1.54) is 18.6 Å². The molecule has 0 saturated heterocycles. The first-order valence-corrected chi connectivity index (χ1v) is 7.58. The summed E-state index contributed by atoms with van der Waals surface area (Å²) in [6.45, 7) is 6.72. The molecule has 3 aromatic rings. The highest BCUT2D eigenvalue weighted by atomic mass is 16.1. The molecule has 1 N–H and O–H groups in total. The smallest absolute Gasteiger partial charge is 0.271 e. The predicted molar refractivity (Wildman–Crippen MR) is 88.1 cm³/mol. The molecule has 0 bridgehead atoms. The molecule has 0 aliphatic heterocycles. The number of hydrogen-bond donors (Lipinski definition) is 1. The van der Waals surface area contributed by atoms with Crippen molar-refractivity contribution in [1.29, 1.82) is 0 Å². The van der Waals surface area contributed by atoms with Crippen LogP contribution in [0, 0.1) is 6.92 Å². The Kier molecular flexibility index (Phi) is 4.06. The van der Waals surface area contributed by atoms with Crippen LogP contribution >= 0.6 is 0 Å². The van der Waals surface area contributed by atoms with Crippen molar-refractivity contribution >= 4 is 16.9 Å². The summed E-state index contributed by atoms with van der Waals surface area (Å²) in [4.78, 5) is 24.5. The number of fused-ring (bicyclic) bond motifs is 1. The lowest BCUT2D eigenvalue weighted by Crippen LogP contribution is -2.23. The number of carbonyl (C=O) groups is 1. The predicted octanol–water partition coefficient (Wildman–Crippen LogP) is 2.65. The summed E-state index contributed by atoms with van der Waals surface area (Å²) in [5, 5.41) is 2.85. The van der Waals surface area contributed by atoms with Crippen LogP contribution in [0.1, 0.15) is 41.8 Å². The number of carbonyl (C=O) groups excluding carboxylic acids is 1. The van der Waals surface area contributed by atoms with Gasteiger partial charge in [0.2, 0.25) is 0 Å². The zero-order valence-corrected chi connectivity index (χ0v) is 13.4. The Labute approximate surface area is 134 Å². The normalized spacial score (nSPS) is 11.1. The molecule has 0 saturated carbocycles. The van der Waals surface area contributed by atoms with Crippen molar-refractivity contribution < 1.29 is 4.79 Å². The molecule has 0 atom stereocenters. The summed E-state index contributed by atoms with van der Waals surface area (Å²) in [7, 11) is 0. The average Bonchev–Trinajstić information content (AvgIpc) is 2.88. The largest absolute Gasteiger partial charge is 0.347 e. The summed E-state index contributed by atoms with van der Waals surface area (Å²) in [6.07, 6.45) is 4.49. The lowest BCUT2D eigenvalue weighted by Gasteiger charge is -2.11. The van der Waals surface area contributed by atoms with Gasteiger partial charge in [0.15, 0.2) is 0 Å². The van der Waals surface area contributed by atoms with Crippen molar-refractivity contribution in [2.24, 2.45) is 0 Å². The van der Waals surface area contributed by atoms with Crippen molar-refractivity contribution in [2.75, 3.05) is 0 Å². The summed E-state index contributed by atoms with van der Waals surface area (Å²) < 4.78 is 2.21. The Morgan fingerprint density at radius 2 is 2.13 bits per heavy atom. The first-order valence-electron chi connectivity index (χ1n) is 7.58. The van der Waals surface area contributed by atoms with Crippen LogP contribution in [0.5, 0.6) is 0 Å². The van der Waals surface area contributed by atoms with Gasteiger partial charge in [-0.15, -0.1) is 0 Å². The summed E-state index contributed by atoms with van der Waals surface area (Å²) in [6, 6.07) is 6.44. The molecule has 6 nitrogen and oxygen atoms in total. The fourth-order valence-corrected chi connectivity index (χ4v) is 2.72. The number of nitrogens with one attached hydrogen (secondary N) is 1. The van der Waals surface area contributed by atoms with Gasteiger partial charge in [0.1, 0.15) is 11.5 Å². The maximum absolute atomic E-state index is 12.0. The molecule has 0 radical (unpaired) electrons.